The van der Waals surface area contributed by atoms with Crippen LogP contribution in [0, 0.1) is 0 Å². The highest BCUT2D eigenvalue weighted by Crippen LogP contribution is 2.29. The minimum absolute atomic E-state index is 0.0511. The van der Waals surface area contributed by atoms with Crippen LogP contribution >= 0.6 is 0 Å². The third kappa shape index (κ3) is 3.56. The number of furan rings is 1. The molecule has 1 fully saturated rings. The summed E-state index contributed by atoms with van der Waals surface area (Å²) in [5, 5.41) is 3.08. The second-order valence-corrected chi connectivity index (χ2v) is 6.79. The number of piperidine rings is 1. The van der Waals surface area contributed by atoms with E-state index in [-0.39, 0.29) is 11.9 Å². The molecule has 132 valence electrons. The molecule has 3 heterocycles. The molecule has 5 heteroatoms. The monoisotopic (exact) mass is 340 g/mol. The Morgan fingerprint density at radius 3 is 2.76 bits per heavy atom. The fourth-order valence-corrected chi connectivity index (χ4v) is 3.76. The lowest BCUT2D eigenvalue weighted by molar-refractivity contribution is -0.127. The molecule has 4 rings (SSSR count). The number of benzene rings is 1. The molecule has 1 N–H and O–H groups in total. The van der Waals surface area contributed by atoms with E-state index in [4.69, 9.17) is 9.15 Å². The van der Waals surface area contributed by atoms with Gasteiger partial charge in [0.15, 0.2) is 6.10 Å². The molecule has 0 bridgehead atoms. The molecule has 0 saturated carbocycles. The predicted molar refractivity (Wildman–Crippen MR) is 94.4 cm³/mol. The number of nitrogens with one attached hydrogen (secondary N) is 1. The number of carbonyl (C=O) groups is 1. The summed E-state index contributed by atoms with van der Waals surface area (Å²) in [6, 6.07) is 11.8. The van der Waals surface area contributed by atoms with Crippen molar-refractivity contribution in [1.82, 2.24) is 10.2 Å². The smallest absolute Gasteiger partial charge is 0.261 e. The molecule has 0 spiro atoms. The number of ether oxygens (including phenoxy) is 1. The normalized spacial score (nSPS) is 21.4. The summed E-state index contributed by atoms with van der Waals surface area (Å²) >= 11 is 0. The van der Waals surface area contributed by atoms with E-state index in [1.165, 1.54) is 19.3 Å². The predicted octanol–water partition coefficient (Wildman–Crippen LogP) is 2.93. The first-order chi connectivity index (χ1) is 12.3. The topological polar surface area (TPSA) is 54.7 Å². The lowest BCUT2D eigenvalue weighted by atomic mass is 10.1. The maximum absolute atomic E-state index is 12.6. The van der Waals surface area contributed by atoms with Gasteiger partial charge in [-0.15, -0.1) is 0 Å². The van der Waals surface area contributed by atoms with Gasteiger partial charge in [-0.3, -0.25) is 9.69 Å². The fourth-order valence-electron chi connectivity index (χ4n) is 3.76. The van der Waals surface area contributed by atoms with Crippen LogP contribution in [-0.2, 0) is 11.2 Å². The Kier molecular flexibility index (Phi) is 4.74. The summed E-state index contributed by atoms with van der Waals surface area (Å²) in [6.07, 6.45) is 5.58. The van der Waals surface area contributed by atoms with Crippen LogP contribution in [-0.4, -0.2) is 36.5 Å². The van der Waals surface area contributed by atoms with Gasteiger partial charge in [0, 0.05) is 13.0 Å². The molecule has 0 aliphatic carbocycles. The molecule has 2 aliphatic rings. The molecule has 2 aliphatic heterocycles. The Morgan fingerprint density at radius 1 is 1.16 bits per heavy atom. The number of likely N-dealkylation sites (tertiary alicyclic amines) is 1. The van der Waals surface area contributed by atoms with Gasteiger partial charge in [-0.05, 0) is 49.7 Å². The molecule has 1 aromatic heterocycles. The van der Waals surface area contributed by atoms with Crippen LogP contribution in [0.25, 0.3) is 0 Å². The fraction of sp³-hybridized carbons (Fsp3) is 0.450. The summed E-state index contributed by atoms with van der Waals surface area (Å²) in [6.45, 7) is 2.64. The van der Waals surface area contributed by atoms with Crippen LogP contribution in [0.4, 0.5) is 0 Å². The Balaban J connectivity index is 1.39. The lowest BCUT2D eigenvalue weighted by Gasteiger charge is -2.33. The quantitative estimate of drug-likeness (QED) is 0.909. The number of nitrogens with zero attached hydrogens (tertiary/aromatic N) is 1. The van der Waals surface area contributed by atoms with Gasteiger partial charge in [-0.1, -0.05) is 24.6 Å². The molecular formula is C20H24N2O3. The SMILES string of the molecule is O=C(NC[C@H](c1ccco1)N1CCCCC1)[C@H]1Cc2ccccc2O1. The van der Waals surface area contributed by atoms with Crippen molar-refractivity contribution in [3.8, 4) is 5.75 Å². The van der Waals surface area contributed by atoms with Gasteiger partial charge in [0.05, 0.1) is 12.3 Å². The maximum atomic E-state index is 12.6. The summed E-state index contributed by atoms with van der Waals surface area (Å²) in [5.74, 6) is 1.68. The minimum Gasteiger partial charge on any atom is -0.480 e. The van der Waals surface area contributed by atoms with Gasteiger partial charge in [-0.25, -0.2) is 0 Å². The first-order valence-corrected chi connectivity index (χ1v) is 9.11. The number of hydrogen-bond donors (Lipinski definition) is 1. The molecule has 1 saturated heterocycles. The van der Waals surface area contributed by atoms with Crippen LogP contribution in [0.5, 0.6) is 5.75 Å². The molecular weight excluding hydrogens is 316 g/mol. The van der Waals surface area contributed by atoms with Gasteiger partial charge >= 0.3 is 0 Å². The van der Waals surface area contributed by atoms with Crippen LogP contribution < -0.4 is 10.1 Å². The lowest BCUT2D eigenvalue weighted by Crippen LogP contribution is -2.44. The highest BCUT2D eigenvalue weighted by atomic mass is 16.5. The number of amides is 1. The summed E-state index contributed by atoms with van der Waals surface area (Å²) in [7, 11) is 0. The molecule has 0 radical (unpaired) electrons. The van der Waals surface area contributed by atoms with E-state index in [2.05, 4.69) is 10.2 Å². The summed E-state index contributed by atoms with van der Waals surface area (Å²) in [5.41, 5.74) is 1.10. The maximum Gasteiger partial charge on any atom is 0.261 e. The molecule has 1 aromatic carbocycles. The zero-order valence-corrected chi connectivity index (χ0v) is 14.3. The summed E-state index contributed by atoms with van der Waals surface area (Å²) in [4.78, 5) is 15.0. The zero-order chi connectivity index (χ0) is 17.1. The first kappa shape index (κ1) is 16.2. The van der Waals surface area contributed by atoms with Gasteiger partial charge in [0.25, 0.3) is 5.91 Å². The van der Waals surface area contributed by atoms with Crippen molar-refractivity contribution >= 4 is 5.91 Å². The largest absolute Gasteiger partial charge is 0.480 e. The van der Waals surface area contributed by atoms with Crippen molar-refractivity contribution in [3.63, 3.8) is 0 Å². The molecule has 1 amide bonds. The minimum atomic E-state index is -0.434. The van der Waals surface area contributed by atoms with Gasteiger partial charge < -0.3 is 14.5 Å². The van der Waals surface area contributed by atoms with E-state index >= 15 is 0 Å². The van der Waals surface area contributed by atoms with E-state index in [0.29, 0.717) is 13.0 Å². The summed E-state index contributed by atoms with van der Waals surface area (Å²) < 4.78 is 11.4. The van der Waals surface area contributed by atoms with E-state index in [1.54, 1.807) is 6.26 Å². The third-order valence-corrected chi connectivity index (χ3v) is 5.11. The van der Waals surface area contributed by atoms with E-state index in [1.807, 2.05) is 36.4 Å². The van der Waals surface area contributed by atoms with Gasteiger partial charge in [0.1, 0.15) is 11.5 Å². The number of fused-ring (bicyclic) bond motifs is 1. The highest BCUT2D eigenvalue weighted by Gasteiger charge is 2.30. The number of rotatable bonds is 5. The molecule has 2 atom stereocenters. The molecule has 25 heavy (non-hydrogen) atoms. The molecule has 5 nitrogen and oxygen atoms in total. The number of hydrogen-bond acceptors (Lipinski definition) is 4. The van der Waals surface area contributed by atoms with Crippen molar-refractivity contribution in [2.45, 2.75) is 37.8 Å². The Labute approximate surface area is 148 Å². The van der Waals surface area contributed by atoms with E-state index in [9.17, 15) is 4.79 Å². The van der Waals surface area contributed by atoms with E-state index < -0.39 is 6.10 Å². The Bertz CT molecular complexity index is 682. The van der Waals surface area contributed by atoms with Crippen LogP contribution in [0.3, 0.4) is 0 Å². The van der Waals surface area contributed by atoms with Crippen molar-refractivity contribution in [1.29, 1.82) is 0 Å². The van der Waals surface area contributed by atoms with Crippen LogP contribution in [0.15, 0.2) is 47.1 Å². The van der Waals surface area contributed by atoms with Crippen molar-refractivity contribution in [2.24, 2.45) is 0 Å². The number of carbonyl (C=O) groups excluding carboxylic acids is 1. The highest BCUT2D eigenvalue weighted by molar-refractivity contribution is 5.82. The second-order valence-electron chi connectivity index (χ2n) is 6.79. The van der Waals surface area contributed by atoms with Crippen molar-refractivity contribution in [2.75, 3.05) is 19.6 Å². The first-order valence-electron chi connectivity index (χ1n) is 9.11. The molecule has 0 unspecified atom stereocenters. The van der Waals surface area contributed by atoms with Crippen molar-refractivity contribution < 1.29 is 13.9 Å². The van der Waals surface area contributed by atoms with Gasteiger partial charge in [-0.2, -0.15) is 0 Å². The van der Waals surface area contributed by atoms with E-state index in [0.717, 1.165) is 30.2 Å². The Morgan fingerprint density at radius 2 is 2.00 bits per heavy atom. The second kappa shape index (κ2) is 7.31. The van der Waals surface area contributed by atoms with Crippen LogP contribution in [0.1, 0.15) is 36.6 Å². The Hall–Kier alpha value is -2.27. The standard InChI is InChI=1S/C20H24N2O3/c23-20(19-13-15-7-2-3-8-17(15)25-19)21-14-16(18-9-6-12-24-18)22-10-4-1-5-11-22/h2-3,6-9,12,16,19H,1,4-5,10-11,13-14H2,(H,21,23)/t16-,19-/m1/s1. The average molecular weight is 340 g/mol. The van der Waals surface area contributed by atoms with Gasteiger partial charge in [0.2, 0.25) is 0 Å². The average Bonchev–Trinajstić information content (AvgIpc) is 3.32. The molecule has 2 aromatic rings. The van der Waals surface area contributed by atoms with Crippen molar-refractivity contribution in [3.05, 3.63) is 54.0 Å². The van der Waals surface area contributed by atoms with Crippen LogP contribution in [0.2, 0.25) is 0 Å². The zero-order valence-electron chi connectivity index (χ0n) is 14.3. The number of para-hydroxylation sites is 1. The third-order valence-electron chi connectivity index (χ3n) is 5.11.